The van der Waals surface area contributed by atoms with Gasteiger partial charge >= 0.3 is 0 Å². The van der Waals surface area contributed by atoms with Crippen LogP contribution in [0.4, 0.5) is 5.69 Å². The highest BCUT2D eigenvalue weighted by Crippen LogP contribution is 2.27. The van der Waals surface area contributed by atoms with E-state index < -0.39 is 28.5 Å². The Labute approximate surface area is 244 Å². The molecule has 2 amide bonds. The molecule has 7 nitrogen and oxygen atoms in total. The summed E-state index contributed by atoms with van der Waals surface area (Å²) in [6, 6.07) is 22.5. The van der Waals surface area contributed by atoms with E-state index in [0.29, 0.717) is 5.69 Å². The van der Waals surface area contributed by atoms with Crippen molar-refractivity contribution in [2.45, 2.75) is 82.8 Å². The van der Waals surface area contributed by atoms with Crippen LogP contribution in [0, 0.1) is 6.92 Å². The van der Waals surface area contributed by atoms with E-state index >= 15 is 0 Å². The Kier molecular flexibility index (Phi) is 9.86. The fourth-order valence-corrected chi connectivity index (χ4v) is 6.69. The van der Waals surface area contributed by atoms with Gasteiger partial charge in [0.05, 0.1) is 10.6 Å². The largest absolute Gasteiger partial charge is 0.352 e. The van der Waals surface area contributed by atoms with Crippen LogP contribution in [-0.2, 0) is 26.2 Å². The first-order valence-corrected chi connectivity index (χ1v) is 15.8. The predicted molar refractivity (Wildman–Crippen MR) is 163 cm³/mol. The highest BCUT2D eigenvalue weighted by molar-refractivity contribution is 7.92. The summed E-state index contributed by atoms with van der Waals surface area (Å²) in [7, 11) is -4.07. The molecule has 0 saturated heterocycles. The molecule has 0 bridgehead atoms. The first-order chi connectivity index (χ1) is 19.6. The minimum atomic E-state index is -4.07. The molecule has 1 aliphatic rings. The van der Waals surface area contributed by atoms with Crippen LogP contribution in [-0.4, -0.2) is 43.8 Å². The number of anilines is 1. The van der Waals surface area contributed by atoms with E-state index in [2.05, 4.69) is 19.2 Å². The molecule has 1 atom stereocenters. The fraction of sp³-hybridized carbons (Fsp3) is 0.394. The summed E-state index contributed by atoms with van der Waals surface area (Å²) in [6.07, 6.45) is 4.01. The first-order valence-electron chi connectivity index (χ1n) is 14.4. The first kappa shape index (κ1) is 30.3. The normalized spacial score (nSPS) is 14.6. The maximum Gasteiger partial charge on any atom is 0.264 e. The molecule has 1 saturated carbocycles. The van der Waals surface area contributed by atoms with E-state index in [1.807, 2.05) is 43.3 Å². The van der Waals surface area contributed by atoms with E-state index in [-0.39, 0.29) is 29.3 Å². The maximum absolute atomic E-state index is 14.1. The topological polar surface area (TPSA) is 86.8 Å². The summed E-state index contributed by atoms with van der Waals surface area (Å²) in [6.45, 7) is 7.57. The van der Waals surface area contributed by atoms with Crippen molar-refractivity contribution in [3.05, 3.63) is 95.6 Å². The summed E-state index contributed by atoms with van der Waals surface area (Å²) >= 11 is 0. The van der Waals surface area contributed by atoms with Crippen molar-refractivity contribution in [2.75, 3.05) is 10.8 Å². The molecule has 218 valence electrons. The van der Waals surface area contributed by atoms with E-state index in [9.17, 15) is 18.0 Å². The van der Waals surface area contributed by atoms with Crippen LogP contribution < -0.4 is 9.62 Å². The molecule has 0 radical (unpaired) electrons. The van der Waals surface area contributed by atoms with Gasteiger partial charge in [-0.15, -0.1) is 0 Å². The van der Waals surface area contributed by atoms with Crippen LogP contribution in [0.3, 0.4) is 0 Å². The molecule has 0 aromatic heterocycles. The molecule has 1 N–H and O–H groups in total. The van der Waals surface area contributed by atoms with Crippen molar-refractivity contribution in [2.24, 2.45) is 0 Å². The average Bonchev–Trinajstić information content (AvgIpc) is 3.47. The quantitative estimate of drug-likeness (QED) is 0.314. The highest BCUT2D eigenvalue weighted by atomic mass is 32.2. The molecular weight excluding hydrogens is 534 g/mol. The fourth-order valence-electron chi connectivity index (χ4n) is 5.26. The lowest BCUT2D eigenvalue weighted by atomic mass is 10.0. The van der Waals surface area contributed by atoms with Gasteiger partial charge in [0, 0.05) is 12.6 Å². The average molecular weight is 576 g/mol. The molecule has 0 unspecified atom stereocenters. The van der Waals surface area contributed by atoms with Crippen LogP contribution in [0.2, 0.25) is 0 Å². The van der Waals surface area contributed by atoms with Gasteiger partial charge in [0.2, 0.25) is 11.8 Å². The lowest BCUT2D eigenvalue weighted by Gasteiger charge is -2.32. The molecule has 8 heteroatoms. The number of hydrogen-bond acceptors (Lipinski definition) is 4. The Morgan fingerprint density at radius 3 is 2.17 bits per heavy atom. The third-order valence-corrected chi connectivity index (χ3v) is 9.55. The van der Waals surface area contributed by atoms with Gasteiger partial charge in [-0.2, -0.15) is 0 Å². The smallest absolute Gasteiger partial charge is 0.264 e. The van der Waals surface area contributed by atoms with Gasteiger partial charge in [-0.25, -0.2) is 8.42 Å². The van der Waals surface area contributed by atoms with Crippen molar-refractivity contribution >= 4 is 27.5 Å². The van der Waals surface area contributed by atoms with Crippen LogP contribution in [0.25, 0.3) is 0 Å². The zero-order valence-electron chi connectivity index (χ0n) is 24.4. The van der Waals surface area contributed by atoms with Crippen molar-refractivity contribution in [3.8, 4) is 0 Å². The molecular formula is C33H41N3O4S. The van der Waals surface area contributed by atoms with Gasteiger partial charge in [-0.05, 0) is 68.0 Å². The van der Waals surface area contributed by atoms with Gasteiger partial charge in [-0.3, -0.25) is 13.9 Å². The Hall–Kier alpha value is -3.65. The monoisotopic (exact) mass is 575 g/mol. The van der Waals surface area contributed by atoms with Crippen LogP contribution in [0.15, 0.2) is 83.8 Å². The number of nitrogens with one attached hydrogen (secondary N) is 1. The number of benzene rings is 3. The lowest BCUT2D eigenvalue weighted by molar-refractivity contribution is -0.139. The van der Waals surface area contributed by atoms with Crippen molar-refractivity contribution in [1.82, 2.24) is 10.2 Å². The van der Waals surface area contributed by atoms with Gasteiger partial charge in [-0.1, -0.05) is 86.8 Å². The standard InChI is InChI=1S/C33H41N3O4S/c1-24(2)28-17-19-30(20-18-28)36(41(39,40)31-15-6-5-7-16-31)23-32(37)35(22-27-12-10-11-25(3)21-27)26(4)33(38)34-29-13-8-9-14-29/h5-7,10-12,15-21,24,26,29H,8-9,13-14,22-23H2,1-4H3,(H,34,38)/t26-/m1/s1. The van der Waals surface area contributed by atoms with Gasteiger partial charge < -0.3 is 10.2 Å². The third-order valence-electron chi connectivity index (χ3n) is 7.76. The number of amides is 2. The minimum Gasteiger partial charge on any atom is -0.352 e. The van der Waals surface area contributed by atoms with E-state index in [1.54, 1.807) is 37.3 Å². The molecule has 0 spiro atoms. The number of carbonyl (C=O) groups excluding carboxylic acids is 2. The van der Waals surface area contributed by atoms with Crippen LogP contribution in [0.1, 0.15) is 69.1 Å². The third kappa shape index (κ3) is 7.55. The number of aryl methyl sites for hydroxylation is 1. The minimum absolute atomic E-state index is 0.0954. The van der Waals surface area contributed by atoms with Crippen molar-refractivity contribution < 1.29 is 18.0 Å². The number of sulfonamides is 1. The summed E-state index contributed by atoms with van der Waals surface area (Å²) in [5.41, 5.74) is 3.37. The Morgan fingerprint density at radius 1 is 0.902 bits per heavy atom. The SMILES string of the molecule is Cc1cccc(CN(C(=O)CN(c2ccc(C(C)C)cc2)S(=O)(=O)c2ccccc2)[C@H](C)C(=O)NC2CCCC2)c1. The Bertz CT molecular complexity index is 1430. The van der Waals surface area contributed by atoms with Crippen molar-refractivity contribution in [3.63, 3.8) is 0 Å². The van der Waals surface area contributed by atoms with Gasteiger partial charge in [0.15, 0.2) is 0 Å². The van der Waals surface area contributed by atoms with E-state index in [4.69, 9.17) is 0 Å². The molecule has 3 aromatic carbocycles. The number of hydrogen-bond donors (Lipinski definition) is 1. The molecule has 4 rings (SSSR count). The molecule has 0 heterocycles. The molecule has 0 aliphatic heterocycles. The predicted octanol–water partition coefficient (Wildman–Crippen LogP) is 5.79. The van der Waals surface area contributed by atoms with E-state index in [1.165, 1.54) is 17.0 Å². The number of nitrogens with zero attached hydrogens (tertiary/aromatic N) is 2. The molecule has 1 aliphatic carbocycles. The van der Waals surface area contributed by atoms with Gasteiger partial charge in [0.25, 0.3) is 10.0 Å². The molecule has 1 fully saturated rings. The van der Waals surface area contributed by atoms with Crippen LogP contribution in [0.5, 0.6) is 0 Å². The number of rotatable bonds is 11. The summed E-state index contributed by atoms with van der Waals surface area (Å²) in [5, 5.41) is 3.10. The molecule has 3 aromatic rings. The van der Waals surface area contributed by atoms with Crippen molar-refractivity contribution in [1.29, 1.82) is 0 Å². The van der Waals surface area contributed by atoms with E-state index in [0.717, 1.165) is 46.7 Å². The lowest BCUT2D eigenvalue weighted by Crippen LogP contribution is -2.52. The second kappa shape index (κ2) is 13.3. The zero-order valence-corrected chi connectivity index (χ0v) is 25.2. The maximum atomic E-state index is 14.1. The zero-order chi connectivity index (χ0) is 29.6. The summed E-state index contributed by atoms with van der Waals surface area (Å²) < 4.78 is 29.0. The molecule has 41 heavy (non-hydrogen) atoms. The van der Waals surface area contributed by atoms with Gasteiger partial charge in [0.1, 0.15) is 12.6 Å². The summed E-state index contributed by atoms with van der Waals surface area (Å²) in [4.78, 5) is 29.0. The van der Waals surface area contributed by atoms with Crippen LogP contribution >= 0.6 is 0 Å². The summed E-state index contributed by atoms with van der Waals surface area (Å²) in [5.74, 6) is -0.404. The Balaban J connectivity index is 1.68. The highest BCUT2D eigenvalue weighted by Gasteiger charge is 2.33. The Morgan fingerprint density at radius 2 is 1.56 bits per heavy atom. The second-order valence-corrected chi connectivity index (χ2v) is 13.1. The second-order valence-electron chi connectivity index (χ2n) is 11.2. The number of carbonyl (C=O) groups is 2.